The molecule has 1 amide bonds. The number of aromatic nitrogens is 2. The topological polar surface area (TPSA) is 37.6 Å². The van der Waals surface area contributed by atoms with Gasteiger partial charge >= 0.3 is 0 Å². The first kappa shape index (κ1) is 11.2. The lowest BCUT2D eigenvalue weighted by atomic mass is 10.1. The second-order valence-corrected chi connectivity index (χ2v) is 5.11. The van der Waals surface area contributed by atoms with Crippen LogP contribution < -0.4 is 4.90 Å². The van der Waals surface area contributed by atoms with Crippen LogP contribution in [0.5, 0.6) is 0 Å². The first-order valence-corrected chi connectivity index (χ1v) is 6.58. The number of hydrogen-bond donors (Lipinski definition) is 0. The van der Waals surface area contributed by atoms with Crippen molar-refractivity contribution in [3.63, 3.8) is 0 Å². The second-order valence-electron chi connectivity index (χ2n) is 5.11. The highest BCUT2D eigenvalue weighted by molar-refractivity contribution is 6.11. The molecule has 1 aliphatic rings. The van der Waals surface area contributed by atoms with Gasteiger partial charge in [0, 0.05) is 11.8 Å². The summed E-state index contributed by atoms with van der Waals surface area (Å²) in [4.78, 5) is 14.3. The van der Waals surface area contributed by atoms with Gasteiger partial charge in [-0.3, -0.25) is 4.79 Å². The molecule has 4 heteroatoms. The van der Waals surface area contributed by atoms with Crippen molar-refractivity contribution < 1.29 is 4.79 Å². The van der Waals surface area contributed by atoms with Crippen LogP contribution in [0.3, 0.4) is 0 Å². The lowest BCUT2D eigenvalue weighted by Gasteiger charge is -2.13. The Bertz CT molecular complexity index is 835. The Hall–Kier alpha value is -2.62. The Morgan fingerprint density at radius 3 is 2.85 bits per heavy atom. The molecule has 0 aliphatic carbocycles. The normalized spacial score (nSPS) is 14.1. The third kappa shape index (κ3) is 1.48. The molecular weight excluding hydrogens is 250 g/mol. The third-order valence-corrected chi connectivity index (χ3v) is 3.76. The van der Waals surface area contributed by atoms with Gasteiger partial charge in [0.1, 0.15) is 0 Å². The number of amides is 1. The van der Waals surface area contributed by atoms with E-state index in [2.05, 4.69) is 5.10 Å². The molecule has 0 saturated carbocycles. The van der Waals surface area contributed by atoms with Crippen LogP contribution in [0.2, 0.25) is 0 Å². The van der Waals surface area contributed by atoms with Crippen LogP contribution in [-0.2, 0) is 6.54 Å². The maximum absolute atomic E-state index is 12.5. The summed E-state index contributed by atoms with van der Waals surface area (Å²) in [6.07, 6.45) is 3.73. The molecule has 0 radical (unpaired) electrons. The van der Waals surface area contributed by atoms with E-state index in [-0.39, 0.29) is 5.91 Å². The highest BCUT2D eigenvalue weighted by Crippen LogP contribution is 2.30. The van der Waals surface area contributed by atoms with Gasteiger partial charge in [0.15, 0.2) is 0 Å². The number of anilines is 1. The molecule has 2 aromatic heterocycles. The van der Waals surface area contributed by atoms with Gasteiger partial charge in [-0.2, -0.15) is 5.10 Å². The Morgan fingerprint density at radius 1 is 1.15 bits per heavy atom. The minimum atomic E-state index is 0.0519. The molecular formula is C16H13N3O. The van der Waals surface area contributed by atoms with E-state index >= 15 is 0 Å². The van der Waals surface area contributed by atoms with Crippen molar-refractivity contribution in [1.29, 1.82) is 0 Å². The van der Waals surface area contributed by atoms with Crippen molar-refractivity contribution in [2.75, 3.05) is 4.90 Å². The first-order chi connectivity index (χ1) is 9.74. The number of pyridine rings is 1. The summed E-state index contributed by atoms with van der Waals surface area (Å²) in [5.74, 6) is 0.0519. The Labute approximate surface area is 116 Å². The predicted molar refractivity (Wildman–Crippen MR) is 76.9 cm³/mol. The zero-order chi connectivity index (χ0) is 13.7. The van der Waals surface area contributed by atoms with Gasteiger partial charge in [0.25, 0.3) is 5.91 Å². The van der Waals surface area contributed by atoms with E-state index < -0.39 is 0 Å². The average Bonchev–Trinajstić information content (AvgIpc) is 3.00. The van der Waals surface area contributed by atoms with Crippen molar-refractivity contribution in [2.24, 2.45) is 0 Å². The highest BCUT2D eigenvalue weighted by Gasteiger charge is 2.29. The molecule has 3 heterocycles. The number of rotatable bonds is 1. The maximum atomic E-state index is 12.5. The van der Waals surface area contributed by atoms with Crippen LogP contribution in [-0.4, -0.2) is 15.5 Å². The van der Waals surface area contributed by atoms with E-state index in [1.807, 2.05) is 54.0 Å². The molecule has 0 N–H and O–H groups in total. The number of carbonyl (C=O) groups excluding carboxylic acids is 1. The number of benzene rings is 1. The minimum Gasteiger partial charge on any atom is -0.300 e. The molecule has 1 aliphatic heterocycles. The second kappa shape index (κ2) is 3.93. The zero-order valence-electron chi connectivity index (χ0n) is 11.1. The molecule has 4 rings (SSSR count). The summed E-state index contributed by atoms with van der Waals surface area (Å²) in [6, 6.07) is 11.8. The summed E-state index contributed by atoms with van der Waals surface area (Å²) in [7, 11) is 0. The van der Waals surface area contributed by atoms with Gasteiger partial charge in [-0.1, -0.05) is 24.3 Å². The van der Waals surface area contributed by atoms with E-state index in [9.17, 15) is 4.79 Å². The fourth-order valence-electron chi connectivity index (χ4n) is 2.73. The van der Waals surface area contributed by atoms with Crippen LogP contribution in [0.4, 0.5) is 5.69 Å². The summed E-state index contributed by atoms with van der Waals surface area (Å²) >= 11 is 0. The quantitative estimate of drug-likeness (QED) is 0.677. The summed E-state index contributed by atoms with van der Waals surface area (Å²) in [5.41, 5.74) is 4.83. The van der Waals surface area contributed by atoms with Crippen LogP contribution in [0.25, 0.3) is 5.52 Å². The van der Waals surface area contributed by atoms with E-state index in [1.54, 1.807) is 11.1 Å². The maximum Gasteiger partial charge on any atom is 0.259 e. The van der Waals surface area contributed by atoms with Crippen molar-refractivity contribution in [3.8, 4) is 0 Å². The van der Waals surface area contributed by atoms with Gasteiger partial charge in [-0.25, -0.2) is 4.52 Å². The molecule has 98 valence electrons. The number of aryl methyl sites for hydroxylation is 1. The number of hydrogen-bond acceptors (Lipinski definition) is 2. The third-order valence-electron chi connectivity index (χ3n) is 3.76. The number of carbonyl (C=O) groups is 1. The predicted octanol–water partition coefficient (Wildman–Crippen LogP) is 2.80. The minimum absolute atomic E-state index is 0.0519. The van der Waals surface area contributed by atoms with Gasteiger partial charge in [0.2, 0.25) is 0 Å². The summed E-state index contributed by atoms with van der Waals surface area (Å²) in [6.45, 7) is 2.64. The van der Waals surface area contributed by atoms with Gasteiger partial charge in [-0.15, -0.1) is 0 Å². The molecule has 20 heavy (non-hydrogen) atoms. The molecule has 0 bridgehead atoms. The molecule has 4 nitrogen and oxygen atoms in total. The largest absolute Gasteiger partial charge is 0.300 e. The fourth-order valence-corrected chi connectivity index (χ4v) is 2.73. The smallest absolute Gasteiger partial charge is 0.259 e. The molecule has 1 aromatic carbocycles. The van der Waals surface area contributed by atoms with E-state index in [0.29, 0.717) is 6.54 Å². The van der Waals surface area contributed by atoms with Gasteiger partial charge in [-0.05, 0) is 30.2 Å². The van der Waals surface area contributed by atoms with Crippen molar-refractivity contribution in [2.45, 2.75) is 13.5 Å². The van der Waals surface area contributed by atoms with Crippen molar-refractivity contribution >= 4 is 17.1 Å². The lowest BCUT2D eigenvalue weighted by molar-refractivity contribution is 0.0997. The van der Waals surface area contributed by atoms with Crippen LogP contribution >= 0.6 is 0 Å². The van der Waals surface area contributed by atoms with E-state index in [0.717, 1.165) is 27.9 Å². The number of nitrogens with zero attached hydrogens (tertiary/aromatic N) is 3. The van der Waals surface area contributed by atoms with Gasteiger partial charge < -0.3 is 4.90 Å². The Kier molecular flexibility index (Phi) is 2.21. The van der Waals surface area contributed by atoms with E-state index in [1.165, 1.54) is 0 Å². The number of fused-ring (bicyclic) bond motifs is 2. The standard InChI is InChI=1S/C16H13N3O/c1-11-6-7-14-15(8-17-19(14)9-11)18-10-12-4-2-3-5-13(12)16(18)20/h2-9H,10H2,1H3. The molecule has 3 aromatic rings. The van der Waals surface area contributed by atoms with Crippen LogP contribution in [0.15, 0.2) is 48.8 Å². The van der Waals surface area contributed by atoms with Gasteiger partial charge in [0.05, 0.1) is 23.9 Å². The highest BCUT2D eigenvalue weighted by atomic mass is 16.2. The Morgan fingerprint density at radius 2 is 2.00 bits per heavy atom. The SMILES string of the molecule is Cc1ccc2c(N3Cc4ccccc4C3=O)cnn2c1. The molecule has 0 saturated heterocycles. The summed E-state index contributed by atoms with van der Waals surface area (Å²) in [5, 5.41) is 4.34. The molecule has 0 unspecified atom stereocenters. The monoisotopic (exact) mass is 263 g/mol. The van der Waals surface area contributed by atoms with Crippen molar-refractivity contribution in [3.05, 3.63) is 65.5 Å². The molecule has 0 fully saturated rings. The zero-order valence-corrected chi connectivity index (χ0v) is 11.1. The van der Waals surface area contributed by atoms with E-state index in [4.69, 9.17) is 0 Å². The Balaban J connectivity index is 1.84. The average molecular weight is 263 g/mol. The van der Waals surface area contributed by atoms with Crippen LogP contribution in [0, 0.1) is 6.92 Å². The molecule has 0 atom stereocenters. The molecule has 0 spiro atoms. The van der Waals surface area contributed by atoms with Crippen LogP contribution in [0.1, 0.15) is 21.5 Å². The first-order valence-electron chi connectivity index (χ1n) is 6.58. The fraction of sp³-hybridized carbons (Fsp3) is 0.125. The summed E-state index contributed by atoms with van der Waals surface area (Å²) < 4.78 is 1.82. The lowest BCUT2D eigenvalue weighted by Crippen LogP contribution is -2.22. The van der Waals surface area contributed by atoms with Crippen molar-refractivity contribution in [1.82, 2.24) is 9.61 Å².